The van der Waals surface area contributed by atoms with Gasteiger partial charge in [0, 0.05) is 32.9 Å². The molecule has 0 aromatic carbocycles. The molecule has 1 aromatic rings. The Balaban J connectivity index is 2.90. The van der Waals surface area contributed by atoms with E-state index >= 15 is 0 Å². The van der Waals surface area contributed by atoms with Crippen LogP contribution < -0.4 is 4.90 Å². The van der Waals surface area contributed by atoms with Crippen molar-refractivity contribution < 1.29 is 16.4 Å². The Kier molecular flexibility index (Phi) is 0.772. The van der Waals surface area contributed by atoms with E-state index in [0.717, 1.165) is 0 Å². The number of hydrogen-bond acceptors (Lipinski definition) is 3. The molecular weight excluding hydrogens is 230 g/mol. The third-order valence-electron chi connectivity index (χ3n) is 1.23. The fraction of sp³-hybridized carbons (Fsp3) is 0.556. The maximum atomic E-state index is 8.02. The minimum atomic E-state index is -3.55. The molecule has 3 nitrogen and oxygen atoms in total. The molecule has 1 aliphatic rings. The lowest BCUT2D eigenvalue weighted by Crippen LogP contribution is -2.30. The first-order valence-corrected chi connectivity index (χ1v) is 4.05. The highest BCUT2D eigenvalue weighted by Crippen LogP contribution is 2.24. The van der Waals surface area contributed by atoms with E-state index in [1.165, 1.54) is 0 Å². The van der Waals surface area contributed by atoms with E-state index < -0.39 is 50.4 Å². The molecule has 0 atom stereocenters. The average Bonchev–Trinajstić information content (AvgIpc) is 2.41. The van der Waals surface area contributed by atoms with E-state index in [1.54, 1.807) is 0 Å². The summed E-state index contributed by atoms with van der Waals surface area (Å²) in [4.78, 5) is 6.86. The van der Waals surface area contributed by atoms with Gasteiger partial charge in [0.05, 0.1) is 5.84 Å². The normalized spacial score (nSPS) is 50.4. The van der Waals surface area contributed by atoms with E-state index in [1.807, 2.05) is 0 Å². The van der Waals surface area contributed by atoms with Gasteiger partial charge < -0.3 is 4.90 Å². The zero-order valence-electron chi connectivity index (χ0n) is 18.2. The van der Waals surface area contributed by atoms with E-state index in [-0.39, 0.29) is 9.37 Å². The number of nitrogens with zero attached hydrogens (tertiary/aromatic N) is 3. The molecule has 0 unspecified atom stereocenters. The van der Waals surface area contributed by atoms with E-state index in [9.17, 15) is 0 Å². The second kappa shape index (κ2) is 4.05. The quantitative estimate of drug-likeness (QED) is 0.769. The van der Waals surface area contributed by atoms with Crippen molar-refractivity contribution in [1.82, 2.24) is 9.97 Å². The molecule has 0 saturated carbocycles. The largest absolute Gasteiger partial charge is 0.356 e. The third kappa shape index (κ3) is 1.99. The molecule has 1 saturated heterocycles. The summed E-state index contributed by atoms with van der Waals surface area (Å²) >= 11 is 2.85. The monoisotopic (exact) mass is 253 g/mol. The lowest BCUT2D eigenvalue weighted by atomic mass is 10.1. The highest BCUT2D eigenvalue weighted by Gasteiger charge is 2.14. The zero-order valence-corrected chi connectivity index (χ0v) is 7.81. The van der Waals surface area contributed by atoms with Crippen molar-refractivity contribution in [3.8, 4) is 0 Å². The van der Waals surface area contributed by atoms with Crippen LogP contribution in [-0.4, -0.2) is 23.0 Å². The van der Waals surface area contributed by atoms with Gasteiger partial charge in [0.2, 0.25) is 0 Å². The maximum absolute atomic E-state index is 8.02. The van der Waals surface area contributed by atoms with Crippen molar-refractivity contribution in [1.29, 1.82) is 0 Å². The molecular formula is C9H12BrN3. The summed E-state index contributed by atoms with van der Waals surface area (Å²) in [5.74, 6) is -0.761. The number of anilines is 1. The Morgan fingerprint density at radius 3 is 3.00 bits per heavy atom. The highest BCUT2D eigenvalue weighted by atomic mass is 79.9. The smallest absolute Gasteiger partial charge is 0.146 e. The molecule has 0 bridgehead atoms. The van der Waals surface area contributed by atoms with Crippen molar-refractivity contribution in [2.75, 3.05) is 17.9 Å². The Bertz CT molecular complexity index is 690. The summed E-state index contributed by atoms with van der Waals surface area (Å²) in [5, 5.41) is 0. The molecule has 0 N–H and O–H groups in total. The number of hydrogen-bond donors (Lipinski definition) is 0. The van der Waals surface area contributed by atoms with Crippen LogP contribution in [0.5, 0.6) is 0 Å². The third-order valence-corrected chi connectivity index (χ3v) is 1.76. The Morgan fingerprint density at radius 2 is 2.23 bits per heavy atom. The highest BCUT2D eigenvalue weighted by molar-refractivity contribution is 9.10. The van der Waals surface area contributed by atoms with Crippen molar-refractivity contribution in [3.05, 3.63) is 16.9 Å². The second-order valence-corrected chi connectivity index (χ2v) is 2.80. The van der Waals surface area contributed by atoms with Gasteiger partial charge in [0.1, 0.15) is 13.5 Å². The summed E-state index contributed by atoms with van der Waals surface area (Å²) in [5.41, 5.74) is 0. The summed E-state index contributed by atoms with van der Waals surface area (Å²) in [6.45, 7) is -6.83. The number of piperidine rings is 1. The SMILES string of the molecule is [2H]c1nc([2H])c(Br)c(N2C([2H])([2H])C([2H])([2H])C([2H])([2H])C([2H])([2H])C2([2H])[2H])n1. The molecule has 0 amide bonds. The fourth-order valence-corrected chi connectivity index (χ4v) is 1.08. The molecule has 4 heteroatoms. The van der Waals surface area contributed by atoms with Crippen molar-refractivity contribution in [2.45, 2.75) is 19.1 Å². The van der Waals surface area contributed by atoms with Crippen LogP contribution in [0.1, 0.15) is 35.6 Å². The standard InChI is InChI=1S/C9H12BrN3/c10-8-6-11-7-12-9(8)13-4-2-1-3-5-13/h6-7H,1-5H2/i1D2,2D2,3D2,4D2,5D2,6D,7D. The number of rotatable bonds is 1. The summed E-state index contributed by atoms with van der Waals surface area (Å²) in [6.07, 6.45) is -12.0. The Hall–Kier alpha value is -0.640. The van der Waals surface area contributed by atoms with Gasteiger partial charge in [-0.3, -0.25) is 0 Å². The lowest BCUT2D eigenvalue weighted by molar-refractivity contribution is 0.572. The summed E-state index contributed by atoms with van der Waals surface area (Å²) < 4.78 is 93.5. The van der Waals surface area contributed by atoms with Gasteiger partial charge in [0.15, 0.2) is 0 Å². The predicted molar refractivity (Wildman–Crippen MR) is 55.8 cm³/mol. The van der Waals surface area contributed by atoms with E-state index in [2.05, 4.69) is 25.9 Å². The molecule has 13 heavy (non-hydrogen) atoms. The first-order chi connectivity index (χ1) is 10.9. The van der Waals surface area contributed by atoms with Crippen LogP contribution in [0.4, 0.5) is 5.82 Å². The molecule has 2 rings (SSSR count). The van der Waals surface area contributed by atoms with E-state index in [0.29, 0.717) is 0 Å². The van der Waals surface area contributed by atoms with Crippen LogP contribution >= 0.6 is 15.9 Å². The van der Waals surface area contributed by atoms with Gasteiger partial charge in [0.25, 0.3) is 0 Å². The summed E-state index contributed by atoms with van der Waals surface area (Å²) in [6, 6.07) is 0. The first kappa shape index (κ1) is 2.48. The fourth-order valence-electron chi connectivity index (χ4n) is 0.726. The molecule has 1 aromatic heterocycles. The number of halogens is 1. The topological polar surface area (TPSA) is 29.0 Å². The second-order valence-electron chi connectivity index (χ2n) is 2.01. The molecule has 1 aliphatic heterocycles. The van der Waals surface area contributed by atoms with Crippen molar-refractivity contribution in [2.24, 2.45) is 0 Å². The van der Waals surface area contributed by atoms with Gasteiger partial charge in [-0.1, -0.05) is 0 Å². The maximum Gasteiger partial charge on any atom is 0.146 e. The van der Waals surface area contributed by atoms with Gasteiger partial charge in [-0.15, -0.1) is 0 Å². The van der Waals surface area contributed by atoms with Crippen LogP contribution in [0.3, 0.4) is 0 Å². The molecule has 0 radical (unpaired) electrons. The van der Waals surface area contributed by atoms with Gasteiger partial charge in [-0.2, -0.15) is 0 Å². The van der Waals surface area contributed by atoms with Gasteiger partial charge >= 0.3 is 0 Å². The first-order valence-electron chi connectivity index (χ1n) is 9.25. The average molecular weight is 254 g/mol. The minimum Gasteiger partial charge on any atom is -0.356 e. The molecule has 1 fully saturated rings. The molecule has 2 heterocycles. The Labute approximate surface area is 103 Å². The van der Waals surface area contributed by atoms with Crippen LogP contribution in [0, 0.1) is 0 Å². The molecule has 70 valence electrons. The zero-order chi connectivity index (χ0) is 19.8. The van der Waals surface area contributed by atoms with Crippen LogP contribution in [0.15, 0.2) is 16.9 Å². The summed E-state index contributed by atoms with van der Waals surface area (Å²) in [7, 11) is 0. The van der Waals surface area contributed by atoms with Crippen molar-refractivity contribution in [3.63, 3.8) is 0 Å². The van der Waals surface area contributed by atoms with Crippen LogP contribution in [0.25, 0.3) is 0 Å². The van der Waals surface area contributed by atoms with Gasteiger partial charge in [-0.05, 0) is 35.0 Å². The van der Waals surface area contributed by atoms with Crippen LogP contribution in [-0.2, 0) is 0 Å². The van der Waals surface area contributed by atoms with E-state index in [4.69, 9.17) is 16.4 Å². The molecule has 0 aliphatic carbocycles. The predicted octanol–water partition coefficient (Wildman–Crippen LogP) is 2.23. The van der Waals surface area contributed by atoms with Crippen molar-refractivity contribution >= 4 is 21.7 Å². The van der Waals surface area contributed by atoms with Crippen LogP contribution in [0.2, 0.25) is 0 Å². The lowest BCUT2D eigenvalue weighted by Gasteiger charge is -2.28. The van der Waals surface area contributed by atoms with Gasteiger partial charge in [-0.25, -0.2) is 9.97 Å². The Morgan fingerprint density at radius 1 is 1.46 bits per heavy atom. The molecule has 0 spiro atoms. The number of aromatic nitrogens is 2. The minimum absolute atomic E-state index is 0.0107.